The number of aromatic amines is 1. The van der Waals surface area contributed by atoms with Crippen molar-refractivity contribution < 1.29 is 13.2 Å². The van der Waals surface area contributed by atoms with Gasteiger partial charge >= 0.3 is 0 Å². The van der Waals surface area contributed by atoms with Crippen LogP contribution < -0.4 is 5.32 Å². The van der Waals surface area contributed by atoms with Crippen molar-refractivity contribution in [1.82, 2.24) is 15.5 Å². The molecule has 1 aromatic rings. The van der Waals surface area contributed by atoms with Crippen molar-refractivity contribution in [3.8, 4) is 0 Å². The molecule has 0 aliphatic rings. The van der Waals surface area contributed by atoms with Crippen LogP contribution >= 0.6 is 10.7 Å². The van der Waals surface area contributed by atoms with Gasteiger partial charge in [-0.1, -0.05) is 27.2 Å². The fraction of sp³-hybridized carbons (Fsp3) is 0.667. The van der Waals surface area contributed by atoms with Gasteiger partial charge < -0.3 is 5.32 Å². The molecule has 0 fully saturated rings. The van der Waals surface area contributed by atoms with Crippen molar-refractivity contribution in [2.24, 2.45) is 0 Å². The molecule has 0 aliphatic heterocycles. The maximum Gasteiger partial charge on any atom is 0.273 e. The Hall–Kier alpha value is -1.08. The van der Waals surface area contributed by atoms with Crippen LogP contribution in [0.3, 0.4) is 0 Å². The maximum absolute atomic E-state index is 12.1. The molecule has 1 unspecified atom stereocenters. The number of nitrogens with one attached hydrogen (secondary N) is 2. The van der Waals surface area contributed by atoms with Crippen LogP contribution in [0.15, 0.2) is 4.90 Å². The molecule has 1 amide bonds. The van der Waals surface area contributed by atoms with Crippen molar-refractivity contribution in [2.45, 2.75) is 57.4 Å². The van der Waals surface area contributed by atoms with Gasteiger partial charge in [0.15, 0.2) is 5.69 Å². The third-order valence-corrected chi connectivity index (χ3v) is 4.25. The summed E-state index contributed by atoms with van der Waals surface area (Å²) in [5, 5.41) is 9.13. The molecule has 8 heteroatoms. The lowest BCUT2D eigenvalue weighted by atomic mass is 10.1. The smallest absolute Gasteiger partial charge is 0.273 e. The lowest BCUT2D eigenvalue weighted by molar-refractivity contribution is 0.0930. The zero-order valence-corrected chi connectivity index (χ0v) is 13.6. The summed E-state index contributed by atoms with van der Waals surface area (Å²) in [5.41, 5.74) is 0.167. The summed E-state index contributed by atoms with van der Waals surface area (Å²) in [6.45, 7) is 7.44. The quantitative estimate of drug-likeness (QED) is 0.787. The number of hydrogen-bond acceptors (Lipinski definition) is 4. The molecule has 1 atom stereocenters. The third-order valence-electron chi connectivity index (χ3n) is 2.88. The fourth-order valence-electron chi connectivity index (χ4n) is 1.93. The first kappa shape index (κ1) is 17.0. The molecule has 114 valence electrons. The Balaban J connectivity index is 3.16. The van der Waals surface area contributed by atoms with Gasteiger partial charge in [0, 0.05) is 16.7 Å². The van der Waals surface area contributed by atoms with E-state index in [9.17, 15) is 13.2 Å². The summed E-state index contributed by atoms with van der Waals surface area (Å²) in [7, 11) is 1.39. The van der Waals surface area contributed by atoms with E-state index in [1.807, 2.05) is 13.8 Å². The highest BCUT2D eigenvalue weighted by Crippen LogP contribution is 2.27. The molecule has 1 aromatic heterocycles. The molecule has 20 heavy (non-hydrogen) atoms. The van der Waals surface area contributed by atoms with Crippen LogP contribution in [-0.4, -0.2) is 30.6 Å². The van der Waals surface area contributed by atoms with Crippen LogP contribution in [0, 0.1) is 0 Å². The number of halogens is 1. The molecule has 0 bridgehead atoms. The monoisotopic (exact) mass is 321 g/mol. The molecule has 0 saturated heterocycles. The molecule has 0 radical (unpaired) electrons. The van der Waals surface area contributed by atoms with Crippen LogP contribution in [-0.2, 0) is 9.05 Å². The number of carbonyl (C=O) groups is 1. The first-order chi connectivity index (χ1) is 9.18. The Kier molecular flexibility index (Phi) is 5.59. The topological polar surface area (TPSA) is 91.9 Å². The van der Waals surface area contributed by atoms with Gasteiger partial charge in [-0.2, -0.15) is 5.10 Å². The SMILES string of the molecule is CCCC(C)NC(=O)c1n[nH]c(C(C)C)c1S(=O)(=O)Cl. The molecule has 6 nitrogen and oxygen atoms in total. The van der Waals surface area contributed by atoms with Crippen molar-refractivity contribution in [1.29, 1.82) is 0 Å². The molecule has 0 aromatic carbocycles. The summed E-state index contributed by atoms with van der Waals surface area (Å²) < 4.78 is 23.4. The number of amides is 1. The Labute approximate surface area is 123 Å². The zero-order valence-electron chi connectivity index (χ0n) is 12.0. The Bertz CT molecular complexity index is 581. The predicted octanol–water partition coefficient (Wildman–Crippen LogP) is 2.38. The van der Waals surface area contributed by atoms with E-state index >= 15 is 0 Å². The highest BCUT2D eigenvalue weighted by molar-refractivity contribution is 8.13. The van der Waals surface area contributed by atoms with Crippen LogP contribution in [0.4, 0.5) is 0 Å². The molecule has 1 heterocycles. The van der Waals surface area contributed by atoms with E-state index in [4.69, 9.17) is 10.7 Å². The number of aromatic nitrogens is 2. The lowest BCUT2D eigenvalue weighted by Gasteiger charge is -2.12. The van der Waals surface area contributed by atoms with Gasteiger partial charge in [0.25, 0.3) is 15.0 Å². The van der Waals surface area contributed by atoms with E-state index < -0.39 is 15.0 Å². The van der Waals surface area contributed by atoms with E-state index in [-0.39, 0.29) is 22.5 Å². The van der Waals surface area contributed by atoms with Crippen molar-refractivity contribution in [3.05, 3.63) is 11.4 Å². The normalized spacial score (nSPS) is 13.5. The Morgan fingerprint density at radius 2 is 2.00 bits per heavy atom. The van der Waals surface area contributed by atoms with E-state index in [2.05, 4.69) is 15.5 Å². The highest BCUT2D eigenvalue weighted by Gasteiger charge is 2.30. The number of rotatable bonds is 6. The van der Waals surface area contributed by atoms with Crippen molar-refractivity contribution in [2.75, 3.05) is 0 Å². The molecular weight excluding hydrogens is 302 g/mol. The summed E-state index contributed by atoms with van der Waals surface area (Å²) in [6, 6.07) is -0.0578. The summed E-state index contributed by atoms with van der Waals surface area (Å²) >= 11 is 0. The van der Waals surface area contributed by atoms with Gasteiger partial charge in [-0.05, 0) is 19.3 Å². The van der Waals surface area contributed by atoms with E-state index in [1.54, 1.807) is 13.8 Å². The average Bonchev–Trinajstić information content (AvgIpc) is 2.73. The fourth-order valence-corrected chi connectivity index (χ4v) is 3.32. The van der Waals surface area contributed by atoms with Crippen LogP contribution in [0.2, 0.25) is 0 Å². The molecule has 0 saturated carbocycles. The summed E-state index contributed by atoms with van der Waals surface area (Å²) in [5.74, 6) is -0.672. The summed E-state index contributed by atoms with van der Waals surface area (Å²) in [4.78, 5) is 11.9. The van der Waals surface area contributed by atoms with Crippen molar-refractivity contribution in [3.63, 3.8) is 0 Å². The zero-order chi connectivity index (χ0) is 15.5. The molecule has 2 N–H and O–H groups in total. The minimum Gasteiger partial charge on any atom is -0.348 e. The Morgan fingerprint density at radius 1 is 1.40 bits per heavy atom. The third kappa shape index (κ3) is 3.96. The first-order valence-corrected chi connectivity index (χ1v) is 8.83. The summed E-state index contributed by atoms with van der Waals surface area (Å²) in [6.07, 6.45) is 1.72. The van der Waals surface area contributed by atoms with Gasteiger partial charge in [-0.25, -0.2) is 8.42 Å². The molecule has 0 aliphatic carbocycles. The highest BCUT2D eigenvalue weighted by atomic mass is 35.7. The standard InChI is InChI=1S/C12H20ClN3O3S/c1-5-6-8(4)14-12(17)10-11(20(13,18)19)9(7(2)3)15-16-10/h7-8H,5-6H2,1-4H3,(H,14,17)(H,15,16). The van der Waals surface area contributed by atoms with Gasteiger partial charge in [0.05, 0.1) is 5.69 Å². The van der Waals surface area contributed by atoms with Crippen LogP contribution in [0.5, 0.6) is 0 Å². The average molecular weight is 322 g/mol. The van der Waals surface area contributed by atoms with Gasteiger partial charge in [0.1, 0.15) is 4.90 Å². The maximum atomic E-state index is 12.1. The second-order valence-corrected chi connectivity index (χ2v) is 7.57. The van der Waals surface area contributed by atoms with Crippen molar-refractivity contribution >= 4 is 25.6 Å². The number of H-pyrrole nitrogens is 1. The molecule has 1 rings (SSSR count). The van der Waals surface area contributed by atoms with Crippen LogP contribution in [0.1, 0.15) is 62.6 Å². The largest absolute Gasteiger partial charge is 0.348 e. The lowest BCUT2D eigenvalue weighted by Crippen LogP contribution is -2.33. The van der Waals surface area contributed by atoms with E-state index in [1.165, 1.54) is 0 Å². The van der Waals surface area contributed by atoms with Gasteiger partial charge in [0.2, 0.25) is 0 Å². The minimum absolute atomic E-state index is 0.0578. The molecule has 0 spiro atoms. The van der Waals surface area contributed by atoms with Crippen LogP contribution in [0.25, 0.3) is 0 Å². The number of carbonyl (C=O) groups excluding carboxylic acids is 1. The van der Waals surface area contributed by atoms with Gasteiger partial charge in [-0.3, -0.25) is 9.89 Å². The second-order valence-electron chi connectivity index (χ2n) is 5.07. The number of hydrogen-bond donors (Lipinski definition) is 2. The first-order valence-electron chi connectivity index (χ1n) is 6.52. The van der Waals surface area contributed by atoms with Gasteiger partial charge in [-0.15, -0.1) is 0 Å². The number of nitrogens with zero attached hydrogens (tertiary/aromatic N) is 1. The minimum atomic E-state index is -4.04. The van der Waals surface area contributed by atoms with E-state index in [0.717, 1.165) is 12.8 Å². The second kappa shape index (κ2) is 6.58. The predicted molar refractivity (Wildman–Crippen MR) is 77.6 cm³/mol. The molecular formula is C12H20ClN3O3S. The Morgan fingerprint density at radius 3 is 2.45 bits per heavy atom. The van der Waals surface area contributed by atoms with E-state index in [0.29, 0.717) is 5.69 Å².